The number of benzene rings is 1. The van der Waals surface area contributed by atoms with Gasteiger partial charge in [-0.3, -0.25) is 19.3 Å². The van der Waals surface area contributed by atoms with Gasteiger partial charge in [0.15, 0.2) is 10.8 Å². The lowest BCUT2D eigenvalue weighted by molar-refractivity contribution is -0.127. The van der Waals surface area contributed by atoms with E-state index in [1.807, 2.05) is 44.2 Å². The predicted molar refractivity (Wildman–Crippen MR) is 98.1 cm³/mol. The Hall–Kier alpha value is -2.61. The molecule has 0 radical (unpaired) electrons. The number of nitrogens with one attached hydrogen (secondary N) is 1. The molecule has 130 valence electrons. The molecule has 7 nitrogen and oxygen atoms in total. The average Bonchev–Trinajstić information content (AvgIpc) is 3.10. The second-order valence-corrected chi connectivity index (χ2v) is 6.30. The van der Waals surface area contributed by atoms with E-state index >= 15 is 0 Å². The van der Waals surface area contributed by atoms with Gasteiger partial charge in [0.1, 0.15) is 5.39 Å². The summed E-state index contributed by atoms with van der Waals surface area (Å²) in [4.78, 5) is 31.4. The van der Waals surface area contributed by atoms with E-state index in [9.17, 15) is 9.59 Å². The molecule has 2 heterocycles. The number of carbonyl (C=O) groups excluding carboxylic acids is 1. The molecular formula is C17H19N5O2S. The van der Waals surface area contributed by atoms with Crippen molar-refractivity contribution in [2.75, 3.05) is 18.8 Å². The fraction of sp³-hybridized carbons (Fsp3) is 0.294. The van der Waals surface area contributed by atoms with Gasteiger partial charge in [0.2, 0.25) is 5.91 Å². The molecule has 0 spiro atoms. The zero-order valence-electron chi connectivity index (χ0n) is 14.1. The molecule has 0 saturated carbocycles. The van der Waals surface area contributed by atoms with Gasteiger partial charge in [-0.25, -0.2) is 4.98 Å². The van der Waals surface area contributed by atoms with Crippen molar-refractivity contribution in [1.29, 1.82) is 0 Å². The van der Waals surface area contributed by atoms with Crippen molar-refractivity contribution in [3.8, 4) is 5.69 Å². The second-order valence-electron chi connectivity index (χ2n) is 5.36. The van der Waals surface area contributed by atoms with E-state index in [0.29, 0.717) is 35.0 Å². The highest BCUT2D eigenvalue weighted by atomic mass is 32.2. The van der Waals surface area contributed by atoms with Gasteiger partial charge in [0.25, 0.3) is 5.56 Å². The topological polar surface area (TPSA) is 83.9 Å². The van der Waals surface area contributed by atoms with Crippen LogP contribution >= 0.6 is 11.8 Å². The average molecular weight is 357 g/mol. The maximum Gasteiger partial charge on any atom is 0.269 e. The van der Waals surface area contributed by atoms with E-state index < -0.39 is 0 Å². The molecule has 8 heteroatoms. The minimum absolute atomic E-state index is 0.0218. The van der Waals surface area contributed by atoms with Crippen molar-refractivity contribution < 1.29 is 4.79 Å². The SMILES string of the molecule is CCN(CC)C(=O)CSc1nc2[nH]ncc2c(=O)n1-c1ccccc1. The van der Waals surface area contributed by atoms with Crippen molar-refractivity contribution in [1.82, 2.24) is 24.6 Å². The fourth-order valence-corrected chi connectivity index (χ4v) is 3.48. The number of hydrogen-bond acceptors (Lipinski definition) is 5. The van der Waals surface area contributed by atoms with E-state index in [0.717, 1.165) is 0 Å². The number of nitrogens with zero attached hydrogens (tertiary/aromatic N) is 4. The first kappa shape index (κ1) is 17.2. The zero-order chi connectivity index (χ0) is 17.8. The highest BCUT2D eigenvalue weighted by molar-refractivity contribution is 7.99. The van der Waals surface area contributed by atoms with Crippen LogP contribution < -0.4 is 5.56 Å². The number of carbonyl (C=O) groups is 1. The van der Waals surface area contributed by atoms with Crippen LogP contribution in [0.1, 0.15) is 13.8 Å². The molecule has 0 saturated heterocycles. The highest BCUT2D eigenvalue weighted by Crippen LogP contribution is 2.20. The summed E-state index contributed by atoms with van der Waals surface area (Å²) in [6, 6.07) is 9.28. The van der Waals surface area contributed by atoms with Crippen molar-refractivity contribution in [2.24, 2.45) is 0 Å². The minimum atomic E-state index is -0.206. The van der Waals surface area contributed by atoms with Crippen LogP contribution in [0.25, 0.3) is 16.7 Å². The third kappa shape index (κ3) is 3.43. The van der Waals surface area contributed by atoms with Crippen molar-refractivity contribution in [3.05, 3.63) is 46.9 Å². The van der Waals surface area contributed by atoms with Crippen LogP contribution in [0.5, 0.6) is 0 Å². The van der Waals surface area contributed by atoms with Crippen LogP contribution in [0.3, 0.4) is 0 Å². The second kappa shape index (κ2) is 7.52. The predicted octanol–water partition coefficient (Wildman–Crippen LogP) is 2.07. The van der Waals surface area contributed by atoms with Crippen LogP contribution in [-0.4, -0.2) is 49.4 Å². The van der Waals surface area contributed by atoms with E-state index in [1.165, 1.54) is 22.5 Å². The third-order valence-corrected chi connectivity index (χ3v) is 4.83. The van der Waals surface area contributed by atoms with Gasteiger partial charge >= 0.3 is 0 Å². The van der Waals surface area contributed by atoms with Gasteiger partial charge in [-0.2, -0.15) is 5.10 Å². The van der Waals surface area contributed by atoms with Crippen LogP contribution in [0, 0.1) is 0 Å². The first-order chi connectivity index (χ1) is 12.2. The van der Waals surface area contributed by atoms with Gasteiger partial charge < -0.3 is 4.90 Å². The molecule has 3 rings (SSSR count). The largest absolute Gasteiger partial charge is 0.343 e. The zero-order valence-corrected chi connectivity index (χ0v) is 14.9. The van der Waals surface area contributed by atoms with Gasteiger partial charge in [-0.15, -0.1) is 0 Å². The molecule has 1 aromatic carbocycles. The molecule has 25 heavy (non-hydrogen) atoms. The Balaban J connectivity index is 2.02. The summed E-state index contributed by atoms with van der Waals surface area (Å²) in [6.07, 6.45) is 1.47. The Morgan fingerprint density at radius 3 is 2.64 bits per heavy atom. The number of rotatable bonds is 6. The highest BCUT2D eigenvalue weighted by Gasteiger charge is 2.17. The van der Waals surface area contributed by atoms with Crippen molar-refractivity contribution in [2.45, 2.75) is 19.0 Å². The summed E-state index contributed by atoms with van der Waals surface area (Å²) < 4.78 is 1.53. The Bertz CT molecular complexity index is 931. The van der Waals surface area contributed by atoms with Gasteiger partial charge in [-0.1, -0.05) is 30.0 Å². The molecule has 2 aromatic heterocycles. The normalized spacial score (nSPS) is 11.0. The van der Waals surface area contributed by atoms with E-state index in [-0.39, 0.29) is 17.2 Å². The fourth-order valence-electron chi connectivity index (χ4n) is 2.57. The van der Waals surface area contributed by atoms with Gasteiger partial charge in [-0.05, 0) is 26.0 Å². The maximum atomic E-state index is 12.9. The number of thioether (sulfide) groups is 1. The summed E-state index contributed by atoms with van der Waals surface area (Å²) in [5.41, 5.74) is 0.929. The molecule has 0 fully saturated rings. The molecule has 0 unspecified atom stereocenters. The summed E-state index contributed by atoms with van der Waals surface area (Å²) in [7, 11) is 0. The van der Waals surface area contributed by atoms with Crippen LogP contribution in [-0.2, 0) is 4.79 Å². The van der Waals surface area contributed by atoms with E-state index in [4.69, 9.17) is 0 Å². The van der Waals surface area contributed by atoms with Crippen LogP contribution in [0.15, 0.2) is 46.5 Å². The Morgan fingerprint density at radius 1 is 1.24 bits per heavy atom. The third-order valence-electron chi connectivity index (χ3n) is 3.91. The minimum Gasteiger partial charge on any atom is -0.343 e. The Kier molecular flexibility index (Phi) is 5.18. The first-order valence-electron chi connectivity index (χ1n) is 8.07. The van der Waals surface area contributed by atoms with Crippen LogP contribution in [0.2, 0.25) is 0 Å². The standard InChI is InChI=1S/C17H19N5O2S/c1-3-21(4-2)14(23)11-25-17-19-15-13(10-18-20-15)16(24)22(17)12-8-6-5-7-9-12/h5-10H,3-4,11H2,1-2H3,(H,18,20). The van der Waals surface area contributed by atoms with Gasteiger partial charge in [0, 0.05) is 13.1 Å². The molecule has 1 amide bonds. The lowest BCUT2D eigenvalue weighted by Gasteiger charge is -2.18. The number of fused-ring (bicyclic) bond motifs is 1. The first-order valence-corrected chi connectivity index (χ1v) is 9.06. The Labute approximate surface area is 149 Å². The van der Waals surface area contributed by atoms with Crippen molar-refractivity contribution >= 4 is 28.7 Å². The van der Waals surface area contributed by atoms with E-state index in [2.05, 4.69) is 15.2 Å². The molecule has 0 bridgehead atoms. The summed E-state index contributed by atoms with van der Waals surface area (Å²) in [5.74, 6) is 0.245. The molecular weight excluding hydrogens is 338 g/mol. The lowest BCUT2D eigenvalue weighted by atomic mass is 10.3. The number of hydrogen-bond donors (Lipinski definition) is 1. The molecule has 0 aliphatic heterocycles. The molecule has 1 N–H and O–H groups in total. The molecule has 0 aliphatic rings. The molecule has 3 aromatic rings. The van der Waals surface area contributed by atoms with E-state index in [1.54, 1.807) is 4.90 Å². The van der Waals surface area contributed by atoms with Crippen molar-refractivity contribution in [3.63, 3.8) is 0 Å². The smallest absolute Gasteiger partial charge is 0.269 e. The summed E-state index contributed by atoms with van der Waals surface area (Å²) in [6.45, 7) is 5.21. The molecule has 0 atom stereocenters. The Morgan fingerprint density at radius 2 is 1.96 bits per heavy atom. The monoisotopic (exact) mass is 357 g/mol. The summed E-state index contributed by atoms with van der Waals surface area (Å²) >= 11 is 1.25. The number of aromatic nitrogens is 4. The lowest BCUT2D eigenvalue weighted by Crippen LogP contribution is -2.32. The summed E-state index contributed by atoms with van der Waals surface area (Å²) in [5, 5.41) is 7.52. The number of amides is 1. The van der Waals surface area contributed by atoms with Crippen LogP contribution in [0.4, 0.5) is 0 Å². The number of H-pyrrole nitrogens is 1. The number of aromatic amines is 1. The van der Waals surface area contributed by atoms with Gasteiger partial charge in [0.05, 0.1) is 17.6 Å². The maximum absolute atomic E-state index is 12.9. The quantitative estimate of drug-likeness (QED) is 0.539. The number of para-hydroxylation sites is 1. The molecule has 0 aliphatic carbocycles.